The predicted octanol–water partition coefficient (Wildman–Crippen LogP) is 1.68. The zero-order valence-corrected chi connectivity index (χ0v) is 9.78. The fraction of sp³-hybridized carbons (Fsp3) is 0.273. The Morgan fingerprint density at radius 1 is 1.56 bits per heavy atom. The van der Waals surface area contributed by atoms with Crippen molar-refractivity contribution in [1.82, 2.24) is 4.90 Å². The van der Waals surface area contributed by atoms with Crippen LogP contribution >= 0.6 is 11.6 Å². The zero-order valence-electron chi connectivity index (χ0n) is 9.03. The van der Waals surface area contributed by atoms with E-state index in [0.29, 0.717) is 10.8 Å². The van der Waals surface area contributed by atoms with E-state index in [-0.39, 0.29) is 18.1 Å². The number of rotatable bonds is 3. The van der Waals surface area contributed by atoms with Crippen molar-refractivity contribution in [3.63, 3.8) is 0 Å². The molecule has 0 bridgehead atoms. The van der Waals surface area contributed by atoms with Gasteiger partial charge in [-0.15, -0.1) is 0 Å². The van der Waals surface area contributed by atoms with Crippen molar-refractivity contribution in [3.05, 3.63) is 28.8 Å². The van der Waals surface area contributed by atoms with Gasteiger partial charge in [-0.25, -0.2) is 0 Å². The van der Waals surface area contributed by atoms with E-state index < -0.39 is 0 Å². The largest absolute Gasteiger partial charge is 0.482 e. The molecule has 5 heteroatoms. The Kier molecular flexibility index (Phi) is 4.15. The average Bonchev–Trinajstić information content (AvgIpc) is 2.25. The van der Waals surface area contributed by atoms with Gasteiger partial charge in [-0.1, -0.05) is 17.7 Å². The molecule has 0 atom stereocenters. The molecule has 0 spiro atoms. The summed E-state index contributed by atoms with van der Waals surface area (Å²) in [6, 6.07) is 6.80. The average molecular weight is 239 g/mol. The number of nitrogens with zero attached hydrogens (tertiary/aromatic N) is 2. The quantitative estimate of drug-likeness (QED) is 0.805. The van der Waals surface area contributed by atoms with Crippen LogP contribution in [0.5, 0.6) is 5.75 Å². The van der Waals surface area contributed by atoms with E-state index in [1.807, 2.05) is 6.07 Å². The zero-order chi connectivity index (χ0) is 12.1. The Morgan fingerprint density at radius 2 is 2.25 bits per heavy atom. The van der Waals surface area contributed by atoms with Crippen molar-refractivity contribution in [2.45, 2.75) is 0 Å². The lowest BCUT2D eigenvalue weighted by molar-refractivity contribution is -0.130. The number of carbonyl (C=O) groups excluding carboxylic acids is 1. The number of ether oxygens (including phenoxy) is 1. The highest BCUT2D eigenvalue weighted by molar-refractivity contribution is 6.31. The molecule has 4 nitrogen and oxygen atoms in total. The third-order valence-electron chi connectivity index (χ3n) is 1.94. The van der Waals surface area contributed by atoms with Crippen molar-refractivity contribution < 1.29 is 9.53 Å². The third kappa shape index (κ3) is 2.88. The number of likely N-dealkylation sites (N-methyl/N-ethyl adjacent to an activating group) is 1. The van der Waals surface area contributed by atoms with Gasteiger partial charge in [0.05, 0.1) is 5.02 Å². The van der Waals surface area contributed by atoms with Gasteiger partial charge < -0.3 is 9.64 Å². The van der Waals surface area contributed by atoms with Gasteiger partial charge in [-0.2, -0.15) is 5.26 Å². The number of halogens is 1. The molecule has 0 saturated carbocycles. The monoisotopic (exact) mass is 238 g/mol. The summed E-state index contributed by atoms with van der Waals surface area (Å²) in [7, 11) is 3.27. The van der Waals surface area contributed by atoms with Crippen LogP contribution in [0.25, 0.3) is 0 Å². The van der Waals surface area contributed by atoms with E-state index >= 15 is 0 Å². The number of hydrogen-bond donors (Lipinski definition) is 0. The Bertz CT molecular complexity index is 438. The van der Waals surface area contributed by atoms with Crippen molar-refractivity contribution in [2.75, 3.05) is 20.7 Å². The van der Waals surface area contributed by atoms with E-state index in [4.69, 9.17) is 21.6 Å². The lowest BCUT2D eigenvalue weighted by atomic mass is 10.2. The summed E-state index contributed by atoms with van der Waals surface area (Å²) in [6.07, 6.45) is 0. The Hall–Kier alpha value is -1.73. The minimum atomic E-state index is -0.177. The highest BCUT2D eigenvalue weighted by Gasteiger charge is 2.10. The molecule has 16 heavy (non-hydrogen) atoms. The summed E-state index contributed by atoms with van der Waals surface area (Å²) in [5.74, 6) is 0.147. The van der Waals surface area contributed by atoms with Gasteiger partial charge in [0.2, 0.25) is 0 Å². The molecule has 0 aliphatic carbocycles. The first kappa shape index (κ1) is 12.3. The van der Waals surface area contributed by atoms with E-state index in [0.717, 1.165) is 0 Å². The van der Waals surface area contributed by atoms with Crippen LogP contribution in [0.15, 0.2) is 18.2 Å². The summed E-state index contributed by atoms with van der Waals surface area (Å²) >= 11 is 5.81. The predicted molar refractivity (Wildman–Crippen MR) is 60.4 cm³/mol. The van der Waals surface area contributed by atoms with E-state index in [9.17, 15) is 4.79 Å². The van der Waals surface area contributed by atoms with Crippen LogP contribution in [-0.4, -0.2) is 31.5 Å². The van der Waals surface area contributed by atoms with Gasteiger partial charge in [0.25, 0.3) is 5.91 Å². The maximum atomic E-state index is 11.3. The molecule has 0 saturated heterocycles. The van der Waals surface area contributed by atoms with Crippen LogP contribution in [0, 0.1) is 11.3 Å². The maximum absolute atomic E-state index is 11.3. The normalized spacial score (nSPS) is 9.38. The molecule has 0 aliphatic heterocycles. The molecule has 1 aromatic carbocycles. The number of carbonyl (C=O) groups is 1. The highest BCUT2D eigenvalue weighted by atomic mass is 35.5. The number of amides is 1. The molecule has 0 fully saturated rings. The fourth-order valence-corrected chi connectivity index (χ4v) is 1.21. The molecular weight excluding hydrogens is 228 g/mol. The molecule has 1 amide bonds. The third-order valence-corrected chi connectivity index (χ3v) is 2.25. The SMILES string of the molecule is CN(C)C(=O)COc1cccc(Cl)c1C#N. The van der Waals surface area contributed by atoms with Crippen LogP contribution in [0.1, 0.15) is 5.56 Å². The minimum Gasteiger partial charge on any atom is -0.482 e. The lowest BCUT2D eigenvalue weighted by Crippen LogP contribution is -2.27. The molecular formula is C11H11ClN2O2. The van der Waals surface area contributed by atoms with Gasteiger partial charge in [0.15, 0.2) is 6.61 Å². The second-order valence-electron chi connectivity index (χ2n) is 3.30. The highest BCUT2D eigenvalue weighted by Crippen LogP contribution is 2.25. The lowest BCUT2D eigenvalue weighted by Gasteiger charge is -2.12. The molecule has 1 aromatic rings. The Morgan fingerprint density at radius 3 is 2.81 bits per heavy atom. The Balaban J connectivity index is 2.79. The Labute approximate surface area is 99.0 Å². The molecule has 84 valence electrons. The van der Waals surface area contributed by atoms with Crippen molar-refractivity contribution in [1.29, 1.82) is 5.26 Å². The molecule has 0 radical (unpaired) electrons. The number of hydrogen-bond acceptors (Lipinski definition) is 3. The van der Waals surface area contributed by atoms with Gasteiger partial charge >= 0.3 is 0 Å². The first-order valence-electron chi connectivity index (χ1n) is 4.58. The van der Waals surface area contributed by atoms with E-state index in [2.05, 4.69) is 0 Å². The summed E-state index contributed by atoms with van der Waals surface area (Å²) in [6.45, 7) is -0.109. The van der Waals surface area contributed by atoms with Crippen LogP contribution < -0.4 is 4.74 Å². The molecule has 0 aliphatic rings. The van der Waals surface area contributed by atoms with Crippen molar-refractivity contribution >= 4 is 17.5 Å². The van der Waals surface area contributed by atoms with Crippen LogP contribution in [0.4, 0.5) is 0 Å². The molecule has 0 unspecified atom stereocenters. The minimum absolute atomic E-state index is 0.109. The standard InChI is InChI=1S/C11H11ClN2O2/c1-14(2)11(15)7-16-10-5-3-4-9(12)8(10)6-13/h3-5H,7H2,1-2H3. The second kappa shape index (κ2) is 5.38. The summed E-state index contributed by atoms with van der Waals surface area (Å²) in [5, 5.41) is 9.18. The molecule has 0 aromatic heterocycles. The summed E-state index contributed by atoms with van der Waals surface area (Å²) in [5.41, 5.74) is 0.246. The van der Waals surface area contributed by atoms with E-state index in [1.54, 1.807) is 32.3 Å². The number of nitriles is 1. The van der Waals surface area contributed by atoms with Crippen molar-refractivity contribution in [3.8, 4) is 11.8 Å². The first-order chi connectivity index (χ1) is 7.56. The van der Waals surface area contributed by atoms with Gasteiger partial charge in [0, 0.05) is 14.1 Å². The topological polar surface area (TPSA) is 53.3 Å². The van der Waals surface area contributed by atoms with E-state index in [1.165, 1.54) is 4.90 Å². The van der Waals surface area contributed by atoms with Crippen LogP contribution in [-0.2, 0) is 4.79 Å². The first-order valence-corrected chi connectivity index (χ1v) is 4.95. The van der Waals surface area contributed by atoms with Gasteiger partial charge in [0.1, 0.15) is 17.4 Å². The van der Waals surface area contributed by atoms with Crippen molar-refractivity contribution in [2.24, 2.45) is 0 Å². The second-order valence-corrected chi connectivity index (χ2v) is 3.71. The molecule has 0 heterocycles. The number of benzene rings is 1. The van der Waals surface area contributed by atoms with Crippen LogP contribution in [0.3, 0.4) is 0 Å². The molecule has 0 N–H and O–H groups in total. The smallest absolute Gasteiger partial charge is 0.259 e. The van der Waals surface area contributed by atoms with Gasteiger partial charge in [-0.05, 0) is 12.1 Å². The van der Waals surface area contributed by atoms with Crippen LogP contribution in [0.2, 0.25) is 5.02 Å². The molecule has 1 rings (SSSR count). The summed E-state index contributed by atoms with van der Waals surface area (Å²) < 4.78 is 5.23. The maximum Gasteiger partial charge on any atom is 0.259 e. The summed E-state index contributed by atoms with van der Waals surface area (Å²) in [4.78, 5) is 12.7. The van der Waals surface area contributed by atoms with Gasteiger partial charge in [-0.3, -0.25) is 4.79 Å². The fourth-order valence-electron chi connectivity index (χ4n) is 1.00.